The quantitative estimate of drug-likeness (QED) is 0.580. The van der Waals surface area contributed by atoms with Gasteiger partial charge in [0.1, 0.15) is 5.75 Å². The van der Waals surface area contributed by atoms with Crippen LogP contribution in [0.3, 0.4) is 0 Å². The number of methoxy groups -OCH3 is 1. The number of hydrogen-bond donors (Lipinski definition) is 0. The van der Waals surface area contributed by atoms with Crippen LogP contribution in [-0.4, -0.2) is 39.6 Å². The number of carbonyl (C=O) groups is 1. The van der Waals surface area contributed by atoms with Crippen molar-refractivity contribution in [1.82, 2.24) is 15.0 Å². The Kier molecular flexibility index (Phi) is 5.36. The number of aromatic nitrogens is 2. The average Bonchev–Trinajstić information content (AvgIpc) is 2.97. The van der Waals surface area contributed by atoms with E-state index < -0.39 is 5.72 Å². The number of benzene rings is 1. The molecule has 27 heavy (non-hydrogen) atoms. The van der Waals surface area contributed by atoms with Crippen molar-refractivity contribution in [2.75, 3.05) is 12.9 Å². The highest BCUT2D eigenvalue weighted by Crippen LogP contribution is 2.37. The van der Waals surface area contributed by atoms with Gasteiger partial charge < -0.3 is 9.47 Å². The Bertz CT molecular complexity index is 882. The molecule has 1 atom stereocenters. The van der Waals surface area contributed by atoms with Gasteiger partial charge in [-0.1, -0.05) is 23.9 Å². The van der Waals surface area contributed by atoms with Gasteiger partial charge in [0, 0.05) is 30.8 Å². The van der Waals surface area contributed by atoms with Crippen LogP contribution in [0.25, 0.3) is 0 Å². The Balaban J connectivity index is 1.82. The topological polar surface area (TPSA) is 76.9 Å². The third-order valence-corrected chi connectivity index (χ3v) is 4.95. The first-order chi connectivity index (χ1) is 12.8. The standard InChI is InChI=1S/C19H22N4O3S/c1-12-9-13(2)21-18(20-12)27-11-17-22-23(14(3)24)19(4,26-17)15-7-6-8-16(10-15)25-5/h6-10H,11H2,1-5H3. The molecule has 0 saturated heterocycles. The highest BCUT2D eigenvalue weighted by molar-refractivity contribution is 7.99. The predicted octanol–water partition coefficient (Wildman–Crippen LogP) is 3.26. The van der Waals surface area contributed by atoms with E-state index in [1.165, 1.54) is 23.7 Å². The number of ether oxygens (including phenoxy) is 2. The van der Waals surface area contributed by atoms with Crippen LogP contribution in [-0.2, 0) is 15.3 Å². The Morgan fingerprint density at radius 1 is 1.26 bits per heavy atom. The van der Waals surface area contributed by atoms with Crippen molar-refractivity contribution in [3.8, 4) is 5.75 Å². The number of carbonyl (C=O) groups excluding carboxylic acids is 1. The van der Waals surface area contributed by atoms with Crippen LogP contribution < -0.4 is 4.74 Å². The number of hydrazone groups is 1. The fraction of sp³-hybridized carbons (Fsp3) is 0.368. The van der Waals surface area contributed by atoms with Crippen molar-refractivity contribution in [2.45, 2.75) is 38.6 Å². The van der Waals surface area contributed by atoms with Crippen LogP contribution in [0.2, 0.25) is 0 Å². The molecule has 0 saturated carbocycles. The summed E-state index contributed by atoms with van der Waals surface area (Å²) in [4.78, 5) is 21.0. The predicted molar refractivity (Wildman–Crippen MR) is 104 cm³/mol. The summed E-state index contributed by atoms with van der Waals surface area (Å²) >= 11 is 1.42. The van der Waals surface area contributed by atoms with E-state index in [9.17, 15) is 4.79 Å². The van der Waals surface area contributed by atoms with Gasteiger partial charge in [-0.15, -0.1) is 5.10 Å². The molecule has 2 aromatic rings. The zero-order chi connectivity index (χ0) is 19.6. The second-order valence-corrected chi connectivity index (χ2v) is 7.31. The first-order valence-corrected chi connectivity index (χ1v) is 9.47. The van der Waals surface area contributed by atoms with Crippen LogP contribution in [0.4, 0.5) is 0 Å². The van der Waals surface area contributed by atoms with Crippen molar-refractivity contribution in [3.63, 3.8) is 0 Å². The summed E-state index contributed by atoms with van der Waals surface area (Å²) < 4.78 is 11.4. The molecule has 142 valence electrons. The molecule has 0 spiro atoms. The largest absolute Gasteiger partial charge is 0.497 e. The number of hydrogen-bond acceptors (Lipinski definition) is 7. The molecule has 1 aromatic heterocycles. The van der Waals surface area contributed by atoms with E-state index in [1.807, 2.05) is 51.1 Å². The molecule has 1 amide bonds. The van der Waals surface area contributed by atoms with E-state index in [4.69, 9.17) is 9.47 Å². The van der Waals surface area contributed by atoms with Gasteiger partial charge in [0.25, 0.3) is 0 Å². The summed E-state index contributed by atoms with van der Waals surface area (Å²) in [6, 6.07) is 9.35. The fourth-order valence-electron chi connectivity index (χ4n) is 2.91. The van der Waals surface area contributed by atoms with Crippen LogP contribution >= 0.6 is 11.8 Å². The van der Waals surface area contributed by atoms with Gasteiger partial charge in [0.2, 0.25) is 17.5 Å². The molecule has 7 nitrogen and oxygen atoms in total. The average molecular weight is 386 g/mol. The normalized spacial score (nSPS) is 18.9. The van der Waals surface area contributed by atoms with Crippen molar-refractivity contribution in [3.05, 3.63) is 47.3 Å². The van der Waals surface area contributed by atoms with E-state index >= 15 is 0 Å². The molecule has 1 aliphatic rings. The highest BCUT2D eigenvalue weighted by atomic mass is 32.2. The van der Waals surface area contributed by atoms with Gasteiger partial charge >= 0.3 is 0 Å². The van der Waals surface area contributed by atoms with E-state index in [0.29, 0.717) is 22.6 Å². The number of amides is 1. The smallest absolute Gasteiger partial charge is 0.243 e. The maximum absolute atomic E-state index is 12.2. The fourth-order valence-corrected chi connectivity index (χ4v) is 3.69. The van der Waals surface area contributed by atoms with Crippen LogP contribution in [0.1, 0.15) is 30.8 Å². The van der Waals surface area contributed by atoms with Gasteiger partial charge in [-0.2, -0.15) is 5.01 Å². The lowest BCUT2D eigenvalue weighted by atomic mass is 10.0. The summed E-state index contributed by atoms with van der Waals surface area (Å²) in [6.45, 7) is 7.14. The zero-order valence-electron chi connectivity index (χ0n) is 16.0. The molecule has 0 N–H and O–H groups in total. The summed E-state index contributed by atoms with van der Waals surface area (Å²) in [5, 5.41) is 6.41. The van der Waals surface area contributed by atoms with Gasteiger partial charge in [0.15, 0.2) is 5.16 Å². The van der Waals surface area contributed by atoms with E-state index in [1.54, 1.807) is 7.11 Å². The van der Waals surface area contributed by atoms with E-state index in [2.05, 4.69) is 15.1 Å². The molecule has 1 aromatic carbocycles. The Morgan fingerprint density at radius 2 is 1.96 bits per heavy atom. The van der Waals surface area contributed by atoms with Crippen LogP contribution in [0, 0.1) is 13.8 Å². The van der Waals surface area contributed by atoms with Crippen LogP contribution in [0.5, 0.6) is 5.75 Å². The number of nitrogens with zero attached hydrogens (tertiary/aromatic N) is 4. The molecule has 0 bridgehead atoms. The number of thioether (sulfide) groups is 1. The second kappa shape index (κ2) is 7.56. The minimum absolute atomic E-state index is 0.206. The molecular weight excluding hydrogens is 364 g/mol. The minimum Gasteiger partial charge on any atom is -0.497 e. The highest BCUT2D eigenvalue weighted by Gasteiger charge is 2.44. The molecule has 0 fully saturated rings. The van der Waals surface area contributed by atoms with Crippen LogP contribution in [0.15, 0.2) is 40.6 Å². The Labute approximate surface area is 162 Å². The van der Waals surface area contributed by atoms with Crippen molar-refractivity contribution in [1.29, 1.82) is 0 Å². The van der Waals surface area contributed by atoms with Gasteiger partial charge in [-0.25, -0.2) is 9.97 Å². The molecule has 0 aliphatic carbocycles. The number of aryl methyl sites for hydroxylation is 2. The van der Waals surface area contributed by atoms with Crippen molar-refractivity contribution in [2.24, 2.45) is 5.10 Å². The maximum atomic E-state index is 12.2. The lowest BCUT2D eigenvalue weighted by molar-refractivity contribution is -0.146. The lowest BCUT2D eigenvalue weighted by Gasteiger charge is -2.31. The van der Waals surface area contributed by atoms with Crippen molar-refractivity contribution >= 4 is 23.6 Å². The zero-order valence-corrected chi connectivity index (χ0v) is 16.8. The monoisotopic (exact) mass is 386 g/mol. The number of rotatable bonds is 5. The molecule has 8 heteroatoms. The second-order valence-electron chi connectivity index (χ2n) is 6.36. The van der Waals surface area contributed by atoms with E-state index in [-0.39, 0.29) is 5.91 Å². The molecular formula is C19H22N4O3S. The third-order valence-electron chi connectivity index (χ3n) is 4.12. The minimum atomic E-state index is -1.03. The molecule has 1 aliphatic heterocycles. The maximum Gasteiger partial charge on any atom is 0.243 e. The third kappa shape index (κ3) is 4.05. The summed E-state index contributed by atoms with van der Waals surface area (Å²) in [6.07, 6.45) is 0. The van der Waals surface area contributed by atoms with E-state index in [0.717, 1.165) is 17.0 Å². The first-order valence-electron chi connectivity index (χ1n) is 8.49. The Morgan fingerprint density at radius 3 is 2.59 bits per heavy atom. The Hall–Kier alpha value is -2.61. The molecule has 0 radical (unpaired) electrons. The first kappa shape index (κ1) is 19.2. The summed E-state index contributed by atoms with van der Waals surface area (Å²) in [5.41, 5.74) is 1.57. The van der Waals surface area contributed by atoms with Crippen molar-refractivity contribution < 1.29 is 14.3 Å². The molecule has 3 rings (SSSR count). The summed E-state index contributed by atoms with van der Waals surface area (Å²) in [7, 11) is 1.60. The van der Waals surface area contributed by atoms with Gasteiger partial charge in [-0.05, 0) is 32.0 Å². The SMILES string of the molecule is COc1cccc(C2(C)OC(CSc3nc(C)cc(C)n3)=NN2C(C)=O)c1. The molecule has 2 heterocycles. The lowest BCUT2D eigenvalue weighted by Crippen LogP contribution is -2.41. The van der Waals surface area contributed by atoms with Gasteiger partial charge in [-0.3, -0.25) is 4.79 Å². The molecule has 1 unspecified atom stereocenters. The van der Waals surface area contributed by atoms with Gasteiger partial charge in [0.05, 0.1) is 12.9 Å². The summed E-state index contributed by atoms with van der Waals surface area (Å²) in [5.74, 6) is 1.35.